The van der Waals surface area contributed by atoms with Gasteiger partial charge in [0.05, 0.1) is 6.54 Å². The predicted molar refractivity (Wildman–Crippen MR) is 153 cm³/mol. The van der Waals surface area contributed by atoms with Crippen molar-refractivity contribution in [2.75, 3.05) is 51.7 Å². The van der Waals surface area contributed by atoms with E-state index in [4.69, 9.17) is 4.99 Å². The van der Waals surface area contributed by atoms with Crippen LogP contribution in [0.5, 0.6) is 0 Å². The molecule has 0 aliphatic carbocycles. The Bertz CT molecular complexity index is 1140. The van der Waals surface area contributed by atoms with Gasteiger partial charge >= 0.3 is 0 Å². The summed E-state index contributed by atoms with van der Waals surface area (Å²) in [6, 6.07) is 3.78. The Morgan fingerprint density at radius 2 is 1.97 bits per heavy atom. The van der Waals surface area contributed by atoms with Gasteiger partial charge in [-0.3, -0.25) is 9.79 Å². The van der Waals surface area contributed by atoms with E-state index in [2.05, 4.69) is 26.6 Å². The number of rotatable bonds is 7. The van der Waals surface area contributed by atoms with E-state index in [9.17, 15) is 13.6 Å². The monoisotopic (exact) mass is 544 g/mol. The highest BCUT2D eigenvalue weighted by atomic mass is 19.3. The molecule has 1 aromatic carbocycles. The molecule has 0 radical (unpaired) electrons. The fraction of sp³-hybridized carbons (Fsp3) is 0.586. The minimum atomic E-state index is -2.63. The second-order valence-electron chi connectivity index (χ2n) is 10.8. The first-order valence-electron chi connectivity index (χ1n) is 14.1. The SMILES string of the molecule is CN=C(C1=C(NC2CCNCC2)CCN(C(C)=O)C1)N1CCCc2cc(/C(=C/NC)C(C)[NH3+])c(C(F)F)cc21. The molecular weight excluding hydrogens is 500 g/mol. The van der Waals surface area contributed by atoms with Crippen LogP contribution in [0.1, 0.15) is 62.6 Å². The lowest BCUT2D eigenvalue weighted by Crippen LogP contribution is -2.59. The van der Waals surface area contributed by atoms with Crippen LogP contribution >= 0.6 is 0 Å². The summed E-state index contributed by atoms with van der Waals surface area (Å²) in [5.41, 5.74) is 9.32. The van der Waals surface area contributed by atoms with Crippen molar-refractivity contribution in [2.45, 2.75) is 64.5 Å². The number of piperidine rings is 1. The number of anilines is 1. The van der Waals surface area contributed by atoms with E-state index < -0.39 is 6.43 Å². The quantitative estimate of drug-likeness (QED) is 0.312. The number of hydrogen-bond donors (Lipinski definition) is 4. The molecule has 0 saturated carbocycles. The molecular formula is C29H44F2N7O+. The van der Waals surface area contributed by atoms with E-state index in [0.29, 0.717) is 31.2 Å². The molecule has 4 rings (SSSR count). The van der Waals surface area contributed by atoms with Crippen LogP contribution in [-0.4, -0.2) is 75.5 Å². The van der Waals surface area contributed by atoms with Crippen molar-refractivity contribution >= 4 is 23.0 Å². The molecule has 1 unspecified atom stereocenters. The van der Waals surface area contributed by atoms with Crippen LogP contribution in [0.15, 0.2) is 34.6 Å². The Labute approximate surface area is 230 Å². The predicted octanol–water partition coefficient (Wildman–Crippen LogP) is 2.44. The van der Waals surface area contributed by atoms with Crippen molar-refractivity contribution in [3.63, 3.8) is 0 Å². The van der Waals surface area contributed by atoms with Gasteiger partial charge in [0.2, 0.25) is 5.91 Å². The molecule has 3 heterocycles. The molecule has 8 nitrogen and oxygen atoms in total. The van der Waals surface area contributed by atoms with E-state index >= 15 is 0 Å². The Morgan fingerprint density at radius 1 is 1.23 bits per heavy atom. The number of fused-ring (bicyclic) bond motifs is 1. The first kappa shape index (κ1) is 29.0. The molecule has 3 aliphatic heterocycles. The summed E-state index contributed by atoms with van der Waals surface area (Å²) in [5.74, 6) is 0.779. The third-order valence-corrected chi connectivity index (χ3v) is 7.99. The number of carbonyl (C=O) groups is 1. The number of aliphatic imine (C=N–C) groups is 1. The summed E-state index contributed by atoms with van der Waals surface area (Å²) in [7, 11) is 3.53. The average molecular weight is 545 g/mol. The molecule has 1 aromatic rings. The van der Waals surface area contributed by atoms with Gasteiger partial charge in [-0.2, -0.15) is 0 Å². The van der Waals surface area contributed by atoms with E-state index in [1.807, 2.05) is 17.9 Å². The van der Waals surface area contributed by atoms with E-state index in [0.717, 1.165) is 79.1 Å². The van der Waals surface area contributed by atoms with Gasteiger partial charge < -0.3 is 31.5 Å². The summed E-state index contributed by atoms with van der Waals surface area (Å²) in [6.45, 7) is 7.25. The van der Waals surface area contributed by atoms with Gasteiger partial charge in [-0.15, -0.1) is 0 Å². The van der Waals surface area contributed by atoms with E-state index in [1.54, 1.807) is 33.3 Å². The van der Waals surface area contributed by atoms with Crippen LogP contribution in [0.25, 0.3) is 5.57 Å². The van der Waals surface area contributed by atoms with Crippen molar-refractivity contribution in [1.82, 2.24) is 20.9 Å². The standard InChI is InChI=1S/C29H43F2N7O/c1-18(32)24(16-33-3)22-14-20-6-5-12-38(27(20)15-23(22)28(30)31)29(34-4)25-17-37(19(2)39)13-9-26(25)36-21-7-10-35-11-8-21/h14-16,18,21,28,33,35-36H,5-13,17,32H2,1-4H3/p+1/b24-16+,34-29?. The lowest BCUT2D eigenvalue weighted by molar-refractivity contribution is -0.393. The zero-order chi connectivity index (χ0) is 28.1. The zero-order valence-electron chi connectivity index (χ0n) is 23.7. The summed E-state index contributed by atoms with van der Waals surface area (Å²) in [5, 5.41) is 10.2. The van der Waals surface area contributed by atoms with E-state index in [-0.39, 0.29) is 17.5 Å². The minimum Gasteiger partial charge on any atom is -0.394 e. The van der Waals surface area contributed by atoms with Gasteiger partial charge in [-0.25, -0.2) is 8.78 Å². The van der Waals surface area contributed by atoms with Gasteiger partial charge in [-0.1, -0.05) is 0 Å². The Hall–Kier alpha value is -2.98. The smallest absolute Gasteiger partial charge is 0.264 e. The highest BCUT2D eigenvalue weighted by Gasteiger charge is 2.32. The molecule has 10 heteroatoms. The number of aryl methyl sites for hydroxylation is 1. The summed E-state index contributed by atoms with van der Waals surface area (Å²) >= 11 is 0. The van der Waals surface area contributed by atoms with Crippen molar-refractivity contribution in [1.29, 1.82) is 0 Å². The van der Waals surface area contributed by atoms with Gasteiger partial charge in [0.25, 0.3) is 6.43 Å². The highest BCUT2D eigenvalue weighted by molar-refractivity contribution is 6.11. The summed E-state index contributed by atoms with van der Waals surface area (Å²) < 4.78 is 29.0. The first-order valence-corrected chi connectivity index (χ1v) is 14.1. The second-order valence-corrected chi connectivity index (χ2v) is 10.8. The Balaban J connectivity index is 1.79. The number of benzene rings is 1. The average Bonchev–Trinajstić information content (AvgIpc) is 2.92. The van der Waals surface area contributed by atoms with Gasteiger partial charge in [0, 0.05) is 80.9 Å². The fourth-order valence-corrected chi connectivity index (χ4v) is 5.97. The molecule has 39 heavy (non-hydrogen) atoms. The molecule has 3 aliphatic rings. The Kier molecular flexibility index (Phi) is 9.61. The largest absolute Gasteiger partial charge is 0.394 e. The summed E-state index contributed by atoms with van der Waals surface area (Å²) in [6.07, 6.45) is 3.61. The lowest BCUT2D eigenvalue weighted by atomic mass is 9.89. The third-order valence-electron chi connectivity index (χ3n) is 7.99. The van der Waals surface area contributed by atoms with Crippen molar-refractivity contribution < 1.29 is 19.3 Å². The van der Waals surface area contributed by atoms with Crippen LogP contribution in [0.2, 0.25) is 0 Å². The number of carbonyl (C=O) groups excluding carboxylic acids is 1. The van der Waals surface area contributed by atoms with Crippen LogP contribution in [0.3, 0.4) is 0 Å². The number of halogens is 2. The maximum atomic E-state index is 14.5. The zero-order valence-corrected chi connectivity index (χ0v) is 23.7. The first-order chi connectivity index (χ1) is 18.7. The topological polar surface area (TPSA) is 99.6 Å². The molecule has 1 amide bonds. The number of quaternary nitrogens is 1. The maximum Gasteiger partial charge on any atom is 0.264 e. The lowest BCUT2D eigenvalue weighted by Gasteiger charge is -2.39. The molecule has 0 spiro atoms. The molecule has 0 aromatic heterocycles. The van der Waals surface area contributed by atoms with E-state index in [1.165, 1.54) is 0 Å². The molecule has 214 valence electrons. The van der Waals surface area contributed by atoms with Gasteiger partial charge in [-0.05, 0) is 69.0 Å². The second kappa shape index (κ2) is 12.9. The normalized spacial score (nSPS) is 20.3. The highest BCUT2D eigenvalue weighted by Crippen LogP contribution is 2.38. The van der Waals surface area contributed by atoms with Crippen molar-refractivity contribution in [3.05, 3.63) is 46.3 Å². The molecule has 1 saturated heterocycles. The minimum absolute atomic E-state index is 0.00384. The molecule has 1 atom stereocenters. The number of hydrogen-bond acceptors (Lipinski definition) is 5. The maximum absolute atomic E-state index is 14.5. The van der Waals surface area contributed by atoms with Gasteiger partial charge in [0.15, 0.2) is 0 Å². The number of alkyl halides is 2. The van der Waals surface area contributed by atoms with Gasteiger partial charge in [0.1, 0.15) is 11.9 Å². The molecule has 1 fully saturated rings. The van der Waals surface area contributed by atoms with Crippen LogP contribution in [-0.2, 0) is 11.2 Å². The number of nitrogens with zero attached hydrogens (tertiary/aromatic N) is 3. The fourth-order valence-electron chi connectivity index (χ4n) is 5.97. The summed E-state index contributed by atoms with van der Waals surface area (Å²) in [4.78, 5) is 21.0. The van der Waals surface area contributed by atoms with Crippen molar-refractivity contribution in [2.24, 2.45) is 4.99 Å². The van der Waals surface area contributed by atoms with Crippen LogP contribution < -0.4 is 26.6 Å². The van der Waals surface area contributed by atoms with Crippen LogP contribution in [0.4, 0.5) is 14.5 Å². The molecule has 0 bridgehead atoms. The molecule has 6 N–H and O–H groups in total. The number of nitrogens with one attached hydrogen (secondary N) is 3. The third kappa shape index (κ3) is 6.44. The number of amidine groups is 1. The van der Waals surface area contributed by atoms with Crippen molar-refractivity contribution in [3.8, 4) is 0 Å². The van der Waals surface area contributed by atoms with Crippen LogP contribution in [0, 0.1) is 0 Å². The number of amides is 1. The Morgan fingerprint density at radius 3 is 2.59 bits per heavy atom.